The molecule has 0 unspecified atom stereocenters. The highest BCUT2D eigenvalue weighted by atomic mass is 16.5. The second-order valence-corrected chi connectivity index (χ2v) is 6.97. The number of carbonyl (C=O) groups is 1. The number of hydrogen-bond acceptors (Lipinski definition) is 6. The maximum absolute atomic E-state index is 12.5. The summed E-state index contributed by atoms with van der Waals surface area (Å²) in [4.78, 5) is 12.5. The van der Waals surface area contributed by atoms with Crippen molar-refractivity contribution in [3.05, 3.63) is 29.9 Å². The van der Waals surface area contributed by atoms with Crippen LogP contribution in [0.2, 0.25) is 0 Å². The van der Waals surface area contributed by atoms with Crippen LogP contribution >= 0.6 is 0 Å². The summed E-state index contributed by atoms with van der Waals surface area (Å²) in [5.74, 6) is 0.0345. The molecule has 2 aromatic heterocycles. The van der Waals surface area contributed by atoms with E-state index in [-0.39, 0.29) is 17.6 Å². The molecular formula is C17H20N6O2. The van der Waals surface area contributed by atoms with Crippen LogP contribution in [-0.4, -0.2) is 26.1 Å². The molecule has 2 saturated carbocycles. The van der Waals surface area contributed by atoms with Crippen LogP contribution in [0.15, 0.2) is 23.0 Å². The quantitative estimate of drug-likeness (QED) is 0.894. The number of aromatic nitrogens is 4. The van der Waals surface area contributed by atoms with Gasteiger partial charge < -0.3 is 9.84 Å². The van der Waals surface area contributed by atoms with Crippen LogP contribution in [0.25, 0.3) is 0 Å². The third-order valence-electron chi connectivity index (χ3n) is 5.28. The molecular weight excluding hydrogens is 320 g/mol. The average molecular weight is 340 g/mol. The lowest BCUT2D eigenvalue weighted by Crippen LogP contribution is -2.35. The minimum Gasteiger partial charge on any atom is -0.364 e. The van der Waals surface area contributed by atoms with Crippen molar-refractivity contribution in [1.82, 2.24) is 25.5 Å². The summed E-state index contributed by atoms with van der Waals surface area (Å²) in [5, 5.41) is 24.6. The molecule has 1 amide bonds. The Morgan fingerprint density at radius 3 is 2.84 bits per heavy atom. The van der Waals surface area contributed by atoms with Crippen molar-refractivity contribution < 1.29 is 9.32 Å². The molecule has 8 heteroatoms. The molecule has 0 aromatic carbocycles. The Morgan fingerprint density at radius 1 is 1.40 bits per heavy atom. The van der Waals surface area contributed by atoms with Gasteiger partial charge in [-0.1, -0.05) is 29.6 Å². The minimum atomic E-state index is -0.543. The lowest BCUT2D eigenvalue weighted by molar-refractivity contribution is 0.0901. The smallest absolute Gasteiger partial charge is 0.274 e. The zero-order chi connectivity index (χ0) is 17.3. The first-order valence-corrected chi connectivity index (χ1v) is 8.77. The number of nitrogens with one attached hydrogen (secondary N) is 1. The molecule has 2 aromatic rings. The van der Waals surface area contributed by atoms with Gasteiger partial charge in [0.1, 0.15) is 12.0 Å². The molecule has 4 rings (SSSR count). The Kier molecular flexibility index (Phi) is 3.99. The first-order valence-electron chi connectivity index (χ1n) is 8.77. The van der Waals surface area contributed by atoms with Crippen molar-refractivity contribution in [3.8, 4) is 6.07 Å². The average Bonchev–Trinajstić information content (AvgIpc) is 3.05. The summed E-state index contributed by atoms with van der Waals surface area (Å²) in [5.41, 5.74) is 0.424. The third kappa shape index (κ3) is 3.02. The second kappa shape index (κ2) is 6.31. The second-order valence-electron chi connectivity index (χ2n) is 6.97. The van der Waals surface area contributed by atoms with Crippen molar-refractivity contribution in [2.75, 3.05) is 0 Å². The van der Waals surface area contributed by atoms with E-state index in [2.05, 4.69) is 26.9 Å². The van der Waals surface area contributed by atoms with Crippen LogP contribution in [0.3, 0.4) is 0 Å². The maximum Gasteiger partial charge on any atom is 0.274 e. The predicted molar refractivity (Wildman–Crippen MR) is 86.1 cm³/mol. The highest BCUT2D eigenvalue weighted by molar-refractivity contribution is 5.92. The van der Waals surface area contributed by atoms with E-state index in [0.29, 0.717) is 11.6 Å². The van der Waals surface area contributed by atoms with Gasteiger partial charge in [0.15, 0.2) is 11.2 Å². The van der Waals surface area contributed by atoms with Crippen molar-refractivity contribution >= 4 is 5.91 Å². The van der Waals surface area contributed by atoms with E-state index in [0.717, 1.165) is 38.5 Å². The third-order valence-corrected chi connectivity index (χ3v) is 5.28. The lowest BCUT2D eigenvalue weighted by Gasteiger charge is -2.29. The normalized spacial score (nSPS) is 20.6. The molecule has 1 N–H and O–H groups in total. The Hall–Kier alpha value is -2.69. The molecule has 130 valence electrons. The molecule has 2 aliphatic carbocycles. The number of nitrogens with zero attached hydrogens (tertiary/aromatic N) is 5. The van der Waals surface area contributed by atoms with Gasteiger partial charge in [-0.3, -0.25) is 4.79 Å². The van der Waals surface area contributed by atoms with E-state index in [9.17, 15) is 10.1 Å². The summed E-state index contributed by atoms with van der Waals surface area (Å²) in [6.07, 6.45) is 10.4. The number of carbonyl (C=O) groups excluding carboxylic acids is 1. The lowest BCUT2D eigenvalue weighted by atomic mass is 9.82. The van der Waals surface area contributed by atoms with Gasteiger partial charge in [-0.05, 0) is 31.6 Å². The number of rotatable bonds is 5. The fourth-order valence-electron chi connectivity index (χ4n) is 3.58. The maximum atomic E-state index is 12.5. The standard InChI is InChI=1S/C17H20N6O2/c18-11-17(7-8-17)23-10-14(20-22-23)15(12-4-2-1-3-5-12)19-16(24)13-6-9-25-21-13/h6,9-10,12,15H,1-5,7-8H2,(H,19,24)/t15-/m0/s1. The van der Waals surface area contributed by atoms with Gasteiger partial charge in [0.25, 0.3) is 5.91 Å². The first-order chi connectivity index (χ1) is 12.2. The fraction of sp³-hybridized carbons (Fsp3) is 0.588. The fourth-order valence-corrected chi connectivity index (χ4v) is 3.58. The molecule has 8 nitrogen and oxygen atoms in total. The van der Waals surface area contributed by atoms with E-state index >= 15 is 0 Å². The van der Waals surface area contributed by atoms with Crippen LogP contribution in [-0.2, 0) is 5.54 Å². The number of hydrogen-bond donors (Lipinski definition) is 1. The monoisotopic (exact) mass is 340 g/mol. The molecule has 0 aliphatic heterocycles. The summed E-state index contributed by atoms with van der Waals surface area (Å²) < 4.78 is 6.41. The summed E-state index contributed by atoms with van der Waals surface area (Å²) in [6.45, 7) is 0. The molecule has 0 saturated heterocycles. The molecule has 2 fully saturated rings. The van der Waals surface area contributed by atoms with Gasteiger partial charge in [-0.15, -0.1) is 5.10 Å². The van der Waals surface area contributed by atoms with Crippen molar-refractivity contribution in [3.63, 3.8) is 0 Å². The van der Waals surface area contributed by atoms with Gasteiger partial charge in [0.2, 0.25) is 0 Å². The SMILES string of the molecule is N#CC1(n2cc([C@@H](NC(=O)c3ccon3)C3CCCCC3)nn2)CC1. The van der Waals surface area contributed by atoms with Crippen LogP contribution in [0.4, 0.5) is 0 Å². The Labute approximate surface area is 145 Å². The van der Waals surface area contributed by atoms with Crippen molar-refractivity contribution in [1.29, 1.82) is 5.26 Å². The molecule has 0 spiro atoms. The zero-order valence-corrected chi connectivity index (χ0v) is 13.9. The van der Waals surface area contributed by atoms with Crippen LogP contribution in [0.1, 0.15) is 67.2 Å². The van der Waals surface area contributed by atoms with E-state index in [1.165, 1.54) is 12.7 Å². The molecule has 25 heavy (non-hydrogen) atoms. The topological polar surface area (TPSA) is 110 Å². The molecule has 0 bridgehead atoms. The van der Waals surface area contributed by atoms with Gasteiger partial charge >= 0.3 is 0 Å². The van der Waals surface area contributed by atoms with Gasteiger partial charge in [-0.2, -0.15) is 5.26 Å². The van der Waals surface area contributed by atoms with Gasteiger partial charge in [-0.25, -0.2) is 4.68 Å². The minimum absolute atomic E-state index is 0.229. The van der Waals surface area contributed by atoms with Crippen LogP contribution < -0.4 is 5.32 Å². The van der Waals surface area contributed by atoms with Gasteiger partial charge in [0, 0.05) is 6.07 Å². The summed E-state index contributed by atoms with van der Waals surface area (Å²) >= 11 is 0. The highest BCUT2D eigenvalue weighted by Gasteiger charge is 2.47. The van der Waals surface area contributed by atoms with Crippen molar-refractivity contribution in [2.45, 2.75) is 56.5 Å². The number of amides is 1. The van der Waals surface area contributed by atoms with Crippen LogP contribution in [0, 0.1) is 17.2 Å². The first kappa shape index (κ1) is 15.8. The van der Waals surface area contributed by atoms with Gasteiger partial charge in [0.05, 0.1) is 18.3 Å². The molecule has 1 atom stereocenters. The summed E-state index contributed by atoms with van der Waals surface area (Å²) in [6, 6.07) is 3.63. The highest BCUT2D eigenvalue weighted by Crippen LogP contribution is 2.42. The predicted octanol–water partition coefficient (Wildman–Crippen LogP) is 2.33. The Bertz CT molecular complexity index is 780. The van der Waals surface area contributed by atoms with Crippen LogP contribution in [0.5, 0.6) is 0 Å². The Morgan fingerprint density at radius 2 is 2.20 bits per heavy atom. The molecule has 2 heterocycles. The van der Waals surface area contributed by atoms with E-state index in [1.807, 2.05) is 6.20 Å². The molecule has 0 radical (unpaired) electrons. The molecule has 2 aliphatic rings. The number of nitriles is 1. The largest absolute Gasteiger partial charge is 0.364 e. The van der Waals surface area contributed by atoms with E-state index < -0.39 is 5.54 Å². The zero-order valence-electron chi connectivity index (χ0n) is 13.9. The van der Waals surface area contributed by atoms with E-state index in [1.54, 1.807) is 10.7 Å². The Balaban J connectivity index is 1.59. The van der Waals surface area contributed by atoms with E-state index in [4.69, 9.17) is 4.52 Å². The van der Waals surface area contributed by atoms with Crippen molar-refractivity contribution in [2.24, 2.45) is 5.92 Å². The summed E-state index contributed by atoms with van der Waals surface area (Å²) in [7, 11) is 0.